The van der Waals surface area contributed by atoms with Crippen molar-refractivity contribution in [1.82, 2.24) is 0 Å². The third kappa shape index (κ3) is 5.87. The first-order valence-corrected chi connectivity index (χ1v) is 24.1. The molecule has 2 aliphatic rings. The van der Waals surface area contributed by atoms with E-state index < -0.39 is 0 Å². The van der Waals surface area contributed by atoms with Crippen molar-refractivity contribution in [1.29, 1.82) is 0 Å². The van der Waals surface area contributed by atoms with Gasteiger partial charge < -0.3 is 13.7 Å². The van der Waals surface area contributed by atoms with E-state index in [4.69, 9.17) is 8.83 Å². The van der Waals surface area contributed by atoms with Gasteiger partial charge in [0.15, 0.2) is 0 Å². The molecule has 69 heavy (non-hydrogen) atoms. The van der Waals surface area contributed by atoms with Crippen molar-refractivity contribution in [3.63, 3.8) is 0 Å². The van der Waals surface area contributed by atoms with Crippen LogP contribution in [-0.2, 0) is 10.8 Å². The Labute approximate surface area is 401 Å². The number of para-hydroxylation sites is 1. The first-order chi connectivity index (χ1) is 33.7. The fraction of sp³-hybridized carbons (Fsp3) is 0.0909. The summed E-state index contributed by atoms with van der Waals surface area (Å²) < 4.78 is 13.4. The summed E-state index contributed by atoms with van der Waals surface area (Å²) in [7, 11) is 0. The molecule has 0 aliphatic heterocycles. The molecule has 0 N–H and O–H groups in total. The van der Waals surface area contributed by atoms with Gasteiger partial charge in [0, 0.05) is 55.0 Å². The van der Waals surface area contributed by atoms with Gasteiger partial charge in [0.2, 0.25) is 0 Å². The monoisotopic (exact) mass is 885 g/mol. The van der Waals surface area contributed by atoms with Crippen LogP contribution in [0.3, 0.4) is 0 Å². The Morgan fingerprint density at radius 1 is 0.304 bits per heavy atom. The lowest BCUT2D eigenvalue weighted by Crippen LogP contribution is -2.16. The van der Waals surface area contributed by atoms with Crippen molar-refractivity contribution in [3.8, 4) is 55.6 Å². The van der Waals surface area contributed by atoms with E-state index in [1.807, 2.05) is 6.07 Å². The maximum Gasteiger partial charge on any atom is 0.143 e. The topological polar surface area (TPSA) is 29.5 Å². The Bertz CT molecular complexity index is 4050. The standard InChI is InChI=1S/C66H47NO2/c1-65(2)55-19-11-8-16-48(55)50-32-26-43(38-57(50)65)53-36-44(37-54-63-61(69-64(53)54)35-34-60-62(63)52-18-10-13-21-59(52)68-60)42-24-29-46(30-25-42)67(45-27-22-41(23-28-45)40-14-6-5-7-15-40)47-31-33-51-49-17-9-12-20-56(49)66(3,4)58(51)39-47/h5-39H,1-4H3. The maximum absolute atomic E-state index is 6.99. The van der Waals surface area contributed by atoms with Crippen molar-refractivity contribution in [3.05, 3.63) is 235 Å². The van der Waals surface area contributed by atoms with Crippen LogP contribution in [0.2, 0.25) is 0 Å². The van der Waals surface area contributed by atoms with Crippen LogP contribution in [0, 0.1) is 0 Å². The number of hydrogen-bond donors (Lipinski definition) is 0. The van der Waals surface area contributed by atoms with Crippen LogP contribution in [0.5, 0.6) is 0 Å². The molecule has 14 rings (SSSR count). The predicted molar refractivity (Wildman–Crippen MR) is 287 cm³/mol. The van der Waals surface area contributed by atoms with E-state index >= 15 is 0 Å². The molecule has 2 heterocycles. The number of fused-ring (bicyclic) bond motifs is 13. The average Bonchev–Trinajstić information content (AvgIpc) is 4.09. The largest absolute Gasteiger partial charge is 0.456 e. The second-order valence-corrected chi connectivity index (χ2v) is 20.0. The van der Waals surface area contributed by atoms with Gasteiger partial charge in [-0.2, -0.15) is 0 Å². The van der Waals surface area contributed by atoms with Crippen molar-refractivity contribution >= 4 is 60.9 Å². The summed E-state index contributed by atoms with van der Waals surface area (Å²) in [6.45, 7) is 9.40. The zero-order valence-electron chi connectivity index (χ0n) is 39.0. The summed E-state index contributed by atoms with van der Waals surface area (Å²) in [5.74, 6) is 0. The minimum atomic E-state index is -0.142. The molecule has 0 saturated carbocycles. The fourth-order valence-electron chi connectivity index (χ4n) is 12.0. The molecule has 0 amide bonds. The first-order valence-electron chi connectivity index (χ1n) is 24.1. The van der Waals surface area contributed by atoms with Gasteiger partial charge in [-0.25, -0.2) is 0 Å². The van der Waals surface area contributed by atoms with E-state index in [0.717, 1.165) is 83.2 Å². The number of rotatable bonds is 6. The van der Waals surface area contributed by atoms with Crippen molar-refractivity contribution in [2.75, 3.05) is 4.90 Å². The smallest absolute Gasteiger partial charge is 0.143 e. The molecule has 0 spiro atoms. The molecule has 328 valence electrons. The van der Waals surface area contributed by atoms with Gasteiger partial charge in [-0.1, -0.05) is 167 Å². The maximum atomic E-state index is 6.99. The van der Waals surface area contributed by atoms with E-state index in [1.165, 1.54) is 55.6 Å². The summed E-state index contributed by atoms with van der Waals surface area (Å²) >= 11 is 0. The summed E-state index contributed by atoms with van der Waals surface area (Å²) in [6, 6.07) is 77.6. The lowest BCUT2D eigenvalue weighted by Gasteiger charge is -2.28. The Hall–Kier alpha value is -8.40. The molecule has 0 radical (unpaired) electrons. The highest BCUT2D eigenvalue weighted by Crippen LogP contribution is 2.53. The molecule has 0 unspecified atom stereocenters. The number of benzene rings is 10. The Morgan fingerprint density at radius 2 is 0.797 bits per heavy atom. The minimum absolute atomic E-state index is 0.130. The highest BCUT2D eigenvalue weighted by Gasteiger charge is 2.37. The van der Waals surface area contributed by atoms with E-state index in [2.05, 4.69) is 239 Å². The Balaban J connectivity index is 0.943. The Kier molecular flexibility index (Phi) is 8.38. The third-order valence-corrected chi connectivity index (χ3v) is 15.5. The average molecular weight is 886 g/mol. The lowest BCUT2D eigenvalue weighted by atomic mass is 9.81. The van der Waals surface area contributed by atoms with E-state index in [0.29, 0.717) is 0 Å². The van der Waals surface area contributed by atoms with E-state index in [9.17, 15) is 0 Å². The van der Waals surface area contributed by atoms with Crippen molar-refractivity contribution in [2.45, 2.75) is 38.5 Å². The number of furan rings is 2. The molecule has 0 saturated heterocycles. The predicted octanol–water partition coefficient (Wildman–Crippen LogP) is 18.6. The fourth-order valence-corrected chi connectivity index (χ4v) is 12.0. The third-order valence-electron chi connectivity index (χ3n) is 15.5. The van der Waals surface area contributed by atoms with Crippen LogP contribution >= 0.6 is 0 Å². The molecular weight excluding hydrogens is 839 g/mol. The van der Waals surface area contributed by atoms with Crippen LogP contribution in [0.1, 0.15) is 49.9 Å². The Morgan fingerprint density at radius 3 is 1.48 bits per heavy atom. The molecule has 12 aromatic rings. The normalized spacial score (nSPS) is 14.0. The van der Waals surface area contributed by atoms with Gasteiger partial charge in [0.05, 0.1) is 0 Å². The van der Waals surface area contributed by atoms with Crippen LogP contribution in [-0.4, -0.2) is 0 Å². The molecule has 0 bridgehead atoms. The molecule has 0 fully saturated rings. The molecule has 3 heteroatoms. The number of hydrogen-bond acceptors (Lipinski definition) is 3. The van der Waals surface area contributed by atoms with Gasteiger partial charge >= 0.3 is 0 Å². The summed E-state index contributed by atoms with van der Waals surface area (Å²) in [6.07, 6.45) is 0. The summed E-state index contributed by atoms with van der Waals surface area (Å²) in [5.41, 5.74) is 24.0. The first kappa shape index (κ1) is 39.7. The van der Waals surface area contributed by atoms with Crippen LogP contribution in [0.4, 0.5) is 17.1 Å². The highest BCUT2D eigenvalue weighted by atomic mass is 16.3. The molecule has 10 aromatic carbocycles. The molecule has 2 aliphatic carbocycles. The SMILES string of the molecule is CC1(C)c2ccccc2-c2ccc(-c3cc(-c4ccc(N(c5ccc(-c6ccccc6)cc5)c5ccc6c(c5)C(C)(C)c5ccccc5-6)cc4)cc4c3oc3ccc5oc6ccccc6c5c34)cc21. The summed E-state index contributed by atoms with van der Waals surface area (Å²) in [5, 5.41) is 4.32. The lowest BCUT2D eigenvalue weighted by molar-refractivity contribution is 0.660. The molecule has 2 aromatic heterocycles. The van der Waals surface area contributed by atoms with Crippen LogP contribution in [0.15, 0.2) is 221 Å². The minimum Gasteiger partial charge on any atom is -0.456 e. The second kappa shape index (κ2) is 14.6. The van der Waals surface area contributed by atoms with Gasteiger partial charge in [-0.05, 0) is 145 Å². The van der Waals surface area contributed by atoms with E-state index in [-0.39, 0.29) is 10.8 Å². The zero-order chi connectivity index (χ0) is 46.2. The highest BCUT2D eigenvalue weighted by molar-refractivity contribution is 6.27. The molecular formula is C66H47NO2. The summed E-state index contributed by atoms with van der Waals surface area (Å²) in [4.78, 5) is 2.40. The van der Waals surface area contributed by atoms with Crippen molar-refractivity contribution in [2.24, 2.45) is 0 Å². The second-order valence-electron chi connectivity index (χ2n) is 20.0. The molecule has 0 atom stereocenters. The van der Waals surface area contributed by atoms with Gasteiger partial charge in [-0.3, -0.25) is 0 Å². The molecule has 3 nitrogen and oxygen atoms in total. The quantitative estimate of drug-likeness (QED) is 0.167. The zero-order valence-corrected chi connectivity index (χ0v) is 39.0. The van der Waals surface area contributed by atoms with Gasteiger partial charge in [0.25, 0.3) is 0 Å². The van der Waals surface area contributed by atoms with Gasteiger partial charge in [-0.15, -0.1) is 0 Å². The number of nitrogens with zero attached hydrogens (tertiary/aromatic N) is 1. The van der Waals surface area contributed by atoms with Crippen LogP contribution in [0.25, 0.3) is 99.5 Å². The van der Waals surface area contributed by atoms with E-state index in [1.54, 1.807) is 0 Å². The van der Waals surface area contributed by atoms with Gasteiger partial charge in [0.1, 0.15) is 22.3 Å². The van der Waals surface area contributed by atoms with Crippen LogP contribution < -0.4 is 4.90 Å². The van der Waals surface area contributed by atoms with Crippen molar-refractivity contribution < 1.29 is 8.83 Å². The number of anilines is 3.